The van der Waals surface area contributed by atoms with Gasteiger partial charge in [0.05, 0.1) is 8.07 Å². The summed E-state index contributed by atoms with van der Waals surface area (Å²) in [4.78, 5) is 0. The van der Waals surface area contributed by atoms with Gasteiger partial charge in [0.2, 0.25) is 0 Å². The fourth-order valence-electron chi connectivity index (χ4n) is 2.66. The first-order chi connectivity index (χ1) is 9.93. The van der Waals surface area contributed by atoms with Gasteiger partial charge in [-0.05, 0) is 29.8 Å². The standard InChI is InChI=1S/C18H22N2Si/c1-21(2,3)17-7-4-14(5-8-17)13-20-11-10-15-12-16(19)6-9-18(15)20/h4-12H,13,19H2,1-3H3. The lowest BCUT2D eigenvalue weighted by molar-refractivity contribution is 0.837. The fourth-order valence-corrected chi connectivity index (χ4v) is 3.83. The molecule has 108 valence electrons. The maximum Gasteiger partial charge on any atom is 0.0775 e. The van der Waals surface area contributed by atoms with Crippen molar-refractivity contribution in [2.45, 2.75) is 26.2 Å². The minimum Gasteiger partial charge on any atom is -0.399 e. The molecule has 0 aliphatic carbocycles. The number of nitrogen functional groups attached to an aromatic ring is 1. The summed E-state index contributed by atoms with van der Waals surface area (Å²) in [6, 6.07) is 17.3. The number of aromatic nitrogens is 1. The molecular weight excluding hydrogens is 272 g/mol. The molecule has 2 N–H and O–H groups in total. The molecule has 0 amide bonds. The van der Waals surface area contributed by atoms with Crippen molar-refractivity contribution >= 4 is 29.9 Å². The Balaban J connectivity index is 1.88. The van der Waals surface area contributed by atoms with Crippen LogP contribution in [0, 0.1) is 0 Å². The Morgan fingerprint density at radius 3 is 2.33 bits per heavy atom. The Labute approximate surface area is 127 Å². The summed E-state index contributed by atoms with van der Waals surface area (Å²) in [5.74, 6) is 0. The van der Waals surface area contributed by atoms with Gasteiger partial charge in [0.1, 0.15) is 0 Å². The Morgan fingerprint density at radius 2 is 1.67 bits per heavy atom. The molecule has 0 aliphatic rings. The first-order valence-corrected chi connectivity index (χ1v) is 10.9. The summed E-state index contributed by atoms with van der Waals surface area (Å²) in [5.41, 5.74) is 9.23. The van der Waals surface area contributed by atoms with Crippen LogP contribution in [0.4, 0.5) is 5.69 Å². The van der Waals surface area contributed by atoms with Gasteiger partial charge in [-0.25, -0.2) is 0 Å². The van der Waals surface area contributed by atoms with Gasteiger partial charge in [0, 0.05) is 29.3 Å². The Kier molecular flexibility index (Phi) is 3.37. The number of anilines is 1. The van der Waals surface area contributed by atoms with E-state index in [0.29, 0.717) is 0 Å². The Morgan fingerprint density at radius 1 is 0.952 bits per heavy atom. The molecule has 0 spiro atoms. The fraction of sp³-hybridized carbons (Fsp3) is 0.222. The van der Waals surface area contributed by atoms with E-state index in [1.807, 2.05) is 12.1 Å². The van der Waals surface area contributed by atoms with E-state index in [1.54, 1.807) is 0 Å². The van der Waals surface area contributed by atoms with Crippen molar-refractivity contribution in [1.29, 1.82) is 0 Å². The molecule has 0 unspecified atom stereocenters. The third-order valence-corrected chi connectivity index (χ3v) is 6.03. The SMILES string of the molecule is C[Si](C)(C)c1ccc(Cn2ccc3cc(N)ccc32)cc1. The molecule has 0 fully saturated rings. The first kappa shape index (κ1) is 14.0. The van der Waals surface area contributed by atoms with Gasteiger partial charge in [-0.1, -0.05) is 49.1 Å². The number of fused-ring (bicyclic) bond motifs is 1. The second-order valence-corrected chi connectivity index (χ2v) is 11.8. The maximum absolute atomic E-state index is 5.84. The minimum atomic E-state index is -1.21. The third-order valence-electron chi connectivity index (χ3n) is 3.97. The normalized spacial score (nSPS) is 12.0. The predicted molar refractivity (Wildman–Crippen MR) is 94.9 cm³/mol. The van der Waals surface area contributed by atoms with E-state index < -0.39 is 8.07 Å². The summed E-state index contributed by atoms with van der Waals surface area (Å²) in [7, 11) is -1.21. The average molecular weight is 294 g/mol. The lowest BCUT2D eigenvalue weighted by Crippen LogP contribution is -2.37. The Bertz CT molecular complexity index is 764. The molecule has 3 aromatic rings. The van der Waals surface area contributed by atoms with E-state index in [-0.39, 0.29) is 0 Å². The number of rotatable bonds is 3. The highest BCUT2D eigenvalue weighted by Crippen LogP contribution is 2.20. The zero-order valence-corrected chi connectivity index (χ0v) is 13.9. The van der Waals surface area contributed by atoms with E-state index in [0.717, 1.165) is 12.2 Å². The zero-order valence-electron chi connectivity index (χ0n) is 12.9. The van der Waals surface area contributed by atoms with E-state index in [4.69, 9.17) is 5.73 Å². The van der Waals surface area contributed by atoms with Crippen LogP contribution >= 0.6 is 0 Å². The number of benzene rings is 2. The van der Waals surface area contributed by atoms with Crippen LogP contribution < -0.4 is 10.9 Å². The molecule has 1 heterocycles. The van der Waals surface area contributed by atoms with Crippen LogP contribution in [-0.2, 0) is 6.54 Å². The molecule has 0 aliphatic heterocycles. The molecule has 0 radical (unpaired) electrons. The topological polar surface area (TPSA) is 30.9 Å². The summed E-state index contributed by atoms with van der Waals surface area (Å²) < 4.78 is 2.28. The lowest BCUT2D eigenvalue weighted by Gasteiger charge is -2.17. The van der Waals surface area contributed by atoms with Crippen LogP contribution in [0.2, 0.25) is 19.6 Å². The largest absolute Gasteiger partial charge is 0.399 e. The second-order valence-electron chi connectivity index (χ2n) is 6.71. The van der Waals surface area contributed by atoms with Crippen molar-refractivity contribution in [2.24, 2.45) is 0 Å². The molecule has 0 saturated carbocycles. The van der Waals surface area contributed by atoms with Gasteiger partial charge < -0.3 is 10.3 Å². The molecule has 3 heteroatoms. The molecule has 0 bridgehead atoms. The van der Waals surface area contributed by atoms with Gasteiger partial charge in [-0.2, -0.15) is 0 Å². The summed E-state index contributed by atoms with van der Waals surface area (Å²) in [6.07, 6.45) is 2.14. The van der Waals surface area contributed by atoms with Crippen LogP contribution in [-0.4, -0.2) is 12.6 Å². The summed E-state index contributed by atoms with van der Waals surface area (Å²) >= 11 is 0. The van der Waals surface area contributed by atoms with Crippen LogP contribution in [0.5, 0.6) is 0 Å². The van der Waals surface area contributed by atoms with Gasteiger partial charge >= 0.3 is 0 Å². The summed E-state index contributed by atoms with van der Waals surface area (Å²) in [5, 5.41) is 2.71. The third kappa shape index (κ3) is 2.88. The molecule has 0 atom stereocenters. The van der Waals surface area contributed by atoms with Crippen LogP contribution in [0.3, 0.4) is 0 Å². The van der Waals surface area contributed by atoms with E-state index in [9.17, 15) is 0 Å². The van der Waals surface area contributed by atoms with Crippen molar-refractivity contribution in [3.8, 4) is 0 Å². The number of hydrogen-bond donors (Lipinski definition) is 1. The second kappa shape index (κ2) is 5.08. The van der Waals surface area contributed by atoms with Gasteiger partial charge in [-0.3, -0.25) is 0 Å². The van der Waals surface area contributed by atoms with Crippen molar-refractivity contribution < 1.29 is 0 Å². The van der Waals surface area contributed by atoms with Crippen LogP contribution in [0.25, 0.3) is 10.9 Å². The highest BCUT2D eigenvalue weighted by molar-refractivity contribution is 6.88. The maximum atomic E-state index is 5.84. The van der Waals surface area contributed by atoms with Crippen molar-refractivity contribution in [1.82, 2.24) is 4.57 Å². The zero-order chi connectivity index (χ0) is 15.0. The van der Waals surface area contributed by atoms with Crippen molar-refractivity contribution in [2.75, 3.05) is 5.73 Å². The highest BCUT2D eigenvalue weighted by Gasteiger charge is 2.15. The molecule has 0 saturated heterocycles. The first-order valence-electron chi connectivity index (χ1n) is 7.37. The van der Waals surface area contributed by atoms with E-state index in [1.165, 1.54) is 21.7 Å². The van der Waals surface area contributed by atoms with Gasteiger partial charge in [0.25, 0.3) is 0 Å². The quantitative estimate of drug-likeness (QED) is 0.578. The minimum absolute atomic E-state index is 0.819. The predicted octanol–water partition coefficient (Wildman–Crippen LogP) is 3.82. The molecule has 21 heavy (non-hydrogen) atoms. The Hall–Kier alpha value is -2.00. The monoisotopic (exact) mass is 294 g/mol. The molecule has 1 aromatic heterocycles. The smallest absolute Gasteiger partial charge is 0.0775 e. The van der Waals surface area contributed by atoms with Gasteiger partial charge in [0.15, 0.2) is 0 Å². The highest BCUT2D eigenvalue weighted by atomic mass is 28.3. The number of hydrogen-bond acceptors (Lipinski definition) is 1. The van der Waals surface area contributed by atoms with Gasteiger partial charge in [-0.15, -0.1) is 0 Å². The molecule has 3 rings (SSSR count). The summed E-state index contributed by atoms with van der Waals surface area (Å²) in [6.45, 7) is 8.04. The lowest BCUT2D eigenvalue weighted by atomic mass is 10.2. The molecular formula is C18H22N2Si. The number of nitrogens with two attached hydrogens (primary N) is 1. The molecule has 2 aromatic carbocycles. The van der Waals surface area contributed by atoms with Crippen molar-refractivity contribution in [3.05, 3.63) is 60.3 Å². The van der Waals surface area contributed by atoms with Crippen molar-refractivity contribution in [3.63, 3.8) is 0 Å². The van der Waals surface area contributed by atoms with Crippen LogP contribution in [0.1, 0.15) is 5.56 Å². The van der Waals surface area contributed by atoms with Crippen LogP contribution in [0.15, 0.2) is 54.7 Å². The number of nitrogens with zero attached hydrogens (tertiary/aromatic N) is 1. The average Bonchev–Trinajstić information content (AvgIpc) is 2.80. The van der Waals surface area contributed by atoms with E-state index in [2.05, 4.69) is 66.8 Å². The molecule has 2 nitrogen and oxygen atoms in total. The van der Waals surface area contributed by atoms with E-state index >= 15 is 0 Å².